The van der Waals surface area contributed by atoms with Crippen molar-refractivity contribution in [3.63, 3.8) is 0 Å². The molecule has 1 aromatic rings. The van der Waals surface area contributed by atoms with Crippen molar-refractivity contribution in [3.05, 3.63) is 70.3 Å². The maximum absolute atomic E-state index is 9.19. The van der Waals surface area contributed by atoms with Gasteiger partial charge in [0.2, 0.25) is 0 Å². The monoisotopic (exact) mass is 292 g/mol. The standard InChI is InChI=1S/C18H13ClN2/c19-15-3-1-2-13(9-15)18-8-12-4-6-16(14(10-20)11-21)17(18)7-5-12/h1-7,9,12,17-18H,8H2. The molecule has 2 bridgehead atoms. The molecular weight excluding hydrogens is 280 g/mol. The molecule has 3 aliphatic carbocycles. The molecular formula is C18H13ClN2. The minimum atomic E-state index is 0.0627. The third kappa shape index (κ3) is 2.51. The van der Waals surface area contributed by atoms with E-state index in [1.54, 1.807) is 0 Å². The van der Waals surface area contributed by atoms with Crippen LogP contribution in [0.1, 0.15) is 17.9 Å². The fourth-order valence-corrected chi connectivity index (χ4v) is 3.40. The summed E-state index contributed by atoms with van der Waals surface area (Å²) < 4.78 is 0. The van der Waals surface area contributed by atoms with E-state index in [2.05, 4.69) is 24.3 Å². The maximum atomic E-state index is 9.19. The van der Waals surface area contributed by atoms with E-state index in [0.29, 0.717) is 5.92 Å². The maximum Gasteiger partial charge on any atom is 0.133 e. The first-order valence-electron chi connectivity index (χ1n) is 6.89. The lowest BCUT2D eigenvalue weighted by atomic mass is 9.74. The Labute approximate surface area is 129 Å². The van der Waals surface area contributed by atoms with Crippen molar-refractivity contribution in [2.75, 3.05) is 0 Å². The van der Waals surface area contributed by atoms with Crippen LogP contribution < -0.4 is 0 Å². The number of rotatable bonds is 1. The van der Waals surface area contributed by atoms with Gasteiger partial charge in [0, 0.05) is 10.9 Å². The highest BCUT2D eigenvalue weighted by Gasteiger charge is 2.32. The van der Waals surface area contributed by atoms with Crippen LogP contribution in [0, 0.1) is 34.5 Å². The predicted molar refractivity (Wildman–Crippen MR) is 82.3 cm³/mol. The van der Waals surface area contributed by atoms with Crippen LogP contribution >= 0.6 is 11.6 Å². The lowest BCUT2D eigenvalue weighted by molar-refractivity contribution is 0.481. The molecule has 0 saturated heterocycles. The van der Waals surface area contributed by atoms with E-state index in [-0.39, 0.29) is 17.4 Å². The number of nitrogens with zero attached hydrogens (tertiary/aromatic N) is 2. The number of fused-ring (bicyclic) bond motifs is 2. The van der Waals surface area contributed by atoms with Gasteiger partial charge in [0.15, 0.2) is 0 Å². The van der Waals surface area contributed by atoms with Gasteiger partial charge in [-0.25, -0.2) is 0 Å². The summed E-state index contributed by atoms with van der Waals surface area (Å²) in [6.07, 6.45) is 9.31. The summed E-state index contributed by atoms with van der Waals surface area (Å²) in [6.45, 7) is 0. The third-order valence-electron chi connectivity index (χ3n) is 4.20. The average Bonchev–Trinajstić information content (AvgIpc) is 2.81. The van der Waals surface area contributed by atoms with Crippen LogP contribution in [0.15, 0.2) is 59.7 Å². The van der Waals surface area contributed by atoms with Gasteiger partial charge in [0.1, 0.15) is 17.7 Å². The molecule has 21 heavy (non-hydrogen) atoms. The molecule has 0 fully saturated rings. The number of hydrogen-bond donors (Lipinski definition) is 0. The molecule has 0 aliphatic heterocycles. The molecule has 0 aromatic heterocycles. The molecule has 0 amide bonds. The first-order chi connectivity index (χ1) is 10.2. The molecule has 3 heteroatoms. The van der Waals surface area contributed by atoms with Crippen molar-refractivity contribution in [1.29, 1.82) is 10.5 Å². The SMILES string of the molecule is N#CC(C#N)=C1C=CC2C=CC1C(c1cccc(Cl)c1)C2. The number of benzene rings is 1. The molecule has 3 atom stereocenters. The van der Waals surface area contributed by atoms with E-state index in [0.717, 1.165) is 17.0 Å². The highest BCUT2D eigenvalue weighted by atomic mass is 35.5. The van der Waals surface area contributed by atoms with Crippen molar-refractivity contribution >= 4 is 11.6 Å². The summed E-state index contributed by atoms with van der Waals surface area (Å²) in [4.78, 5) is 0. The van der Waals surface area contributed by atoms with Gasteiger partial charge >= 0.3 is 0 Å². The number of allylic oxidation sites excluding steroid dienone is 6. The zero-order chi connectivity index (χ0) is 14.8. The summed E-state index contributed by atoms with van der Waals surface area (Å²) in [6, 6.07) is 11.9. The first-order valence-corrected chi connectivity index (χ1v) is 7.27. The fourth-order valence-electron chi connectivity index (χ4n) is 3.20. The van der Waals surface area contributed by atoms with Crippen LogP contribution in [0.5, 0.6) is 0 Å². The second-order valence-electron chi connectivity index (χ2n) is 5.38. The van der Waals surface area contributed by atoms with E-state index < -0.39 is 0 Å². The van der Waals surface area contributed by atoms with Crippen molar-refractivity contribution in [2.24, 2.45) is 11.8 Å². The van der Waals surface area contributed by atoms with Crippen molar-refractivity contribution in [1.82, 2.24) is 0 Å². The molecule has 0 heterocycles. The lowest BCUT2D eigenvalue weighted by Crippen LogP contribution is -2.18. The van der Waals surface area contributed by atoms with Crippen molar-refractivity contribution in [3.8, 4) is 12.1 Å². The minimum Gasteiger partial charge on any atom is -0.192 e. The van der Waals surface area contributed by atoms with Crippen LogP contribution in [0.3, 0.4) is 0 Å². The Hall–Kier alpha value is -2.29. The van der Waals surface area contributed by atoms with Crippen LogP contribution in [0.25, 0.3) is 0 Å². The number of nitriles is 2. The van der Waals surface area contributed by atoms with Crippen LogP contribution in [-0.4, -0.2) is 0 Å². The van der Waals surface area contributed by atoms with E-state index >= 15 is 0 Å². The van der Waals surface area contributed by atoms with E-state index in [1.165, 1.54) is 5.56 Å². The molecule has 3 unspecified atom stereocenters. The molecule has 4 rings (SSSR count). The first kappa shape index (κ1) is 13.7. The van der Waals surface area contributed by atoms with Gasteiger partial charge < -0.3 is 0 Å². The zero-order valence-corrected chi connectivity index (χ0v) is 12.1. The molecule has 2 nitrogen and oxygen atoms in total. The van der Waals surface area contributed by atoms with Crippen LogP contribution in [-0.2, 0) is 0 Å². The molecule has 0 radical (unpaired) electrons. The Morgan fingerprint density at radius 1 is 1.14 bits per heavy atom. The molecule has 3 aliphatic rings. The second kappa shape index (κ2) is 5.60. The Morgan fingerprint density at radius 3 is 2.67 bits per heavy atom. The fraction of sp³-hybridized carbons (Fsp3) is 0.222. The normalized spacial score (nSPS) is 26.0. The summed E-state index contributed by atoms with van der Waals surface area (Å²) in [5, 5.41) is 19.1. The van der Waals surface area contributed by atoms with Crippen LogP contribution in [0.2, 0.25) is 5.02 Å². The topological polar surface area (TPSA) is 47.6 Å². The Kier molecular flexibility index (Phi) is 3.65. The molecule has 0 saturated carbocycles. The quantitative estimate of drug-likeness (QED) is 0.564. The third-order valence-corrected chi connectivity index (χ3v) is 4.43. The summed E-state index contributed by atoms with van der Waals surface area (Å²) >= 11 is 6.11. The zero-order valence-electron chi connectivity index (χ0n) is 11.3. The van der Waals surface area contributed by atoms with Crippen molar-refractivity contribution < 1.29 is 0 Å². The summed E-state index contributed by atoms with van der Waals surface area (Å²) in [5.74, 6) is 0.662. The smallest absolute Gasteiger partial charge is 0.133 e. The summed E-state index contributed by atoms with van der Waals surface area (Å²) in [5.41, 5.74) is 2.19. The Bertz CT molecular complexity index is 727. The number of halogens is 1. The summed E-state index contributed by atoms with van der Waals surface area (Å²) in [7, 11) is 0. The van der Waals surface area contributed by atoms with Gasteiger partial charge in [0.25, 0.3) is 0 Å². The van der Waals surface area contributed by atoms with Gasteiger partial charge in [-0.1, -0.05) is 48.0 Å². The number of hydrogen-bond acceptors (Lipinski definition) is 2. The van der Waals surface area contributed by atoms with Gasteiger partial charge in [-0.2, -0.15) is 10.5 Å². The molecule has 0 N–H and O–H groups in total. The van der Waals surface area contributed by atoms with Crippen LogP contribution in [0.4, 0.5) is 0 Å². The van der Waals surface area contributed by atoms with Gasteiger partial charge in [-0.05, 0) is 41.5 Å². The van der Waals surface area contributed by atoms with E-state index in [4.69, 9.17) is 11.6 Å². The highest BCUT2D eigenvalue weighted by Crippen LogP contribution is 2.44. The molecule has 0 spiro atoms. The molecule has 102 valence electrons. The van der Waals surface area contributed by atoms with E-state index in [9.17, 15) is 10.5 Å². The van der Waals surface area contributed by atoms with Gasteiger partial charge in [-0.3, -0.25) is 0 Å². The Balaban J connectivity index is 2.11. The van der Waals surface area contributed by atoms with Gasteiger partial charge in [-0.15, -0.1) is 0 Å². The lowest BCUT2D eigenvalue weighted by Gasteiger charge is -2.29. The predicted octanol–water partition coefficient (Wildman–Crippen LogP) is 4.53. The van der Waals surface area contributed by atoms with Gasteiger partial charge in [0.05, 0.1) is 0 Å². The second-order valence-corrected chi connectivity index (χ2v) is 5.82. The minimum absolute atomic E-state index is 0.0627. The Morgan fingerprint density at radius 2 is 1.95 bits per heavy atom. The average molecular weight is 293 g/mol. The highest BCUT2D eigenvalue weighted by molar-refractivity contribution is 6.30. The van der Waals surface area contributed by atoms with E-state index in [1.807, 2.05) is 36.4 Å². The van der Waals surface area contributed by atoms with Crippen molar-refractivity contribution in [2.45, 2.75) is 12.3 Å². The largest absolute Gasteiger partial charge is 0.192 e. The molecule has 1 aromatic carbocycles.